The minimum atomic E-state index is -0.929. The van der Waals surface area contributed by atoms with Crippen LogP contribution in [0.5, 0.6) is 0 Å². The van der Waals surface area contributed by atoms with Gasteiger partial charge in [0.15, 0.2) is 5.56 Å². The maximum absolute atomic E-state index is 11.8. The second kappa shape index (κ2) is 9.78. The summed E-state index contributed by atoms with van der Waals surface area (Å²) in [6.07, 6.45) is 1.64. The number of carbonyl (C=O) groups excluding carboxylic acids is 1. The van der Waals surface area contributed by atoms with E-state index in [1.165, 1.54) is 10.6 Å². The summed E-state index contributed by atoms with van der Waals surface area (Å²) in [6, 6.07) is 3.42. The van der Waals surface area contributed by atoms with Gasteiger partial charge in [0.25, 0.3) is 5.56 Å². The van der Waals surface area contributed by atoms with Gasteiger partial charge in [0.2, 0.25) is 0 Å². The van der Waals surface area contributed by atoms with Crippen molar-refractivity contribution in [2.24, 2.45) is 0 Å². The van der Waals surface area contributed by atoms with E-state index in [-0.39, 0.29) is 11.1 Å². The minimum absolute atomic E-state index is 0.0697. The first-order valence-electron chi connectivity index (χ1n) is 6.84. The van der Waals surface area contributed by atoms with Crippen LogP contribution in [0.4, 0.5) is 0 Å². The van der Waals surface area contributed by atoms with Crippen molar-refractivity contribution in [3.63, 3.8) is 0 Å². The van der Waals surface area contributed by atoms with Crippen LogP contribution < -0.4 is 5.56 Å². The topological polar surface area (TPSA) is 65.2 Å². The van der Waals surface area contributed by atoms with Crippen LogP contribution in [0.3, 0.4) is 0 Å². The van der Waals surface area contributed by atoms with Crippen LogP contribution in [-0.2, 0) is 6.54 Å². The van der Waals surface area contributed by atoms with Gasteiger partial charge >= 0.3 is 5.97 Å². The quantitative estimate of drug-likeness (QED) is 0.603. The van der Waals surface area contributed by atoms with E-state index in [9.17, 15) is 9.59 Å². The lowest BCUT2D eigenvalue weighted by Crippen LogP contribution is -2.33. The predicted octanol–water partition coefficient (Wildman–Crippen LogP) is 1.08. The Morgan fingerprint density at radius 3 is 2.38 bits per heavy atom. The fourth-order valence-electron chi connectivity index (χ4n) is 1.41. The van der Waals surface area contributed by atoms with Crippen LogP contribution in [0.15, 0.2) is 23.1 Å². The molecule has 5 heteroatoms. The molecular formula is C16H25N2O3+. The van der Waals surface area contributed by atoms with Crippen molar-refractivity contribution in [3.8, 4) is 11.8 Å². The molecule has 0 aromatic carbocycles. The molecular weight excluding hydrogens is 268 g/mol. The van der Waals surface area contributed by atoms with Crippen molar-refractivity contribution in [2.75, 3.05) is 13.6 Å². The summed E-state index contributed by atoms with van der Waals surface area (Å²) in [6.45, 7) is 9.04. The second-order valence-corrected chi connectivity index (χ2v) is 4.82. The standard InChI is InChI=1S/C12H18N2O3.C4H6/c1-9(2)13(3)7-8-14-6-4-5-10(11(14)15)12(16)17;1-3-4-2/h4-6,9H,7-8H2,1-3H3,(H,16,17);1-2H3/p+1. The smallest absolute Gasteiger partial charge is 0.554 e. The summed E-state index contributed by atoms with van der Waals surface area (Å²) in [4.78, 5) is 24.8. The van der Waals surface area contributed by atoms with Gasteiger partial charge in [0.1, 0.15) is 0 Å². The SMILES string of the molecule is CC#CC.CC(C)N(C)CCn1cccc(C(=O)[OH2+])c1=O. The van der Waals surface area contributed by atoms with E-state index < -0.39 is 5.97 Å². The monoisotopic (exact) mass is 293 g/mol. The molecule has 0 saturated carbocycles. The first-order valence-corrected chi connectivity index (χ1v) is 6.84. The molecule has 0 bridgehead atoms. The van der Waals surface area contributed by atoms with Crippen molar-refractivity contribution in [3.05, 3.63) is 34.2 Å². The van der Waals surface area contributed by atoms with E-state index in [0.717, 1.165) is 6.54 Å². The van der Waals surface area contributed by atoms with Crippen LogP contribution in [0.1, 0.15) is 38.1 Å². The fourth-order valence-corrected chi connectivity index (χ4v) is 1.41. The van der Waals surface area contributed by atoms with E-state index in [1.807, 2.05) is 20.9 Å². The molecule has 0 aliphatic carbocycles. The molecule has 0 amide bonds. The average molecular weight is 293 g/mol. The maximum atomic E-state index is 11.8. The average Bonchev–Trinajstić information content (AvgIpc) is 2.45. The number of rotatable bonds is 5. The first kappa shape index (κ1) is 18.9. The molecule has 5 nitrogen and oxygen atoms in total. The van der Waals surface area contributed by atoms with Crippen LogP contribution >= 0.6 is 0 Å². The zero-order chi connectivity index (χ0) is 16.4. The van der Waals surface area contributed by atoms with Crippen LogP contribution in [0.2, 0.25) is 0 Å². The molecule has 21 heavy (non-hydrogen) atoms. The third-order valence-corrected chi connectivity index (χ3v) is 3.09. The lowest BCUT2D eigenvalue weighted by atomic mass is 10.3. The summed E-state index contributed by atoms with van der Waals surface area (Å²) in [5, 5.41) is 6.98. The summed E-state index contributed by atoms with van der Waals surface area (Å²) >= 11 is 0. The summed E-state index contributed by atoms with van der Waals surface area (Å²) in [7, 11) is 1.98. The van der Waals surface area contributed by atoms with Gasteiger partial charge in [-0.3, -0.25) is 4.79 Å². The molecule has 1 heterocycles. The third kappa shape index (κ3) is 6.77. The molecule has 1 aromatic rings. The summed E-state index contributed by atoms with van der Waals surface area (Å²) in [5.74, 6) is 4.43. The second-order valence-electron chi connectivity index (χ2n) is 4.82. The molecule has 0 spiro atoms. The summed E-state index contributed by atoms with van der Waals surface area (Å²) < 4.78 is 1.47. The molecule has 0 saturated heterocycles. The molecule has 116 valence electrons. The number of aromatic nitrogens is 1. The first-order chi connectivity index (χ1) is 9.84. The highest BCUT2D eigenvalue weighted by molar-refractivity contribution is 5.86. The van der Waals surface area contributed by atoms with Crippen molar-refractivity contribution in [1.82, 2.24) is 9.47 Å². The molecule has 1 rings (SSSR count). The van der Waals surface area contributed by atoms with Crippen molar-refractivity contribution >= 4 is 5.97 Å². The van der Waals surface area contributed by atoms with E-state index in [4.69, 9.17) is 5.11 Å². The highest BCUT2D eigenvalue weighted by Crippen LogP contribution is 1.96. The number of nitrogens with zero attached hydrogens (tertiary/aromatic N) is 2. The predicted molar refractivity (Wildman–Crippen MR) is 85.5 cm³/mol. The van der Waals surface area contributed by atoms with Crippen molar-refractivity contribution in [1.29, 1.82) is 0 Å². The Hall–Kier alpha value is -2.06. The van der Waals surface area contributed by atoms with Gasteiger partial charge < -0.3 is 14.6 Å². The molecule has 0 fully saturated rings. The summed E-state index contributed by atoms with van der Waals surface area (Å²) in [5.41, 5.74) is -0.454. The Morgan fingerprint density at radius 1 is 1.38 bits per heavy atom. The van der Waals surface area contributed by atoms with E-state index in [1.54, 1.807) is 12.3 Å². The number of hydrogen-bond donors (Lipinski definition) is 0. The Kier molecular flexibility index (Phi) is 8.82. The Bertz CT molecular complexity index is 559. The Labute approximate surface area is 126 Å². The molecule has 0 aliphatic heterocycles. The van der Waals surface area contributed by atoms with Gasteiger partial charge in [0, 0.05) is 30.1 Å². The molecule has 0 radical (unpaired) electrons. The Balaban J connectivity index is 0.000000885. The third-order valence-electron chi connectivity index (χ3n) is 3.09. The highest BCUT2D eigenvalue weighted by Gasteiger charge is 2.17. The Morgan fingerprint density at radius 2 is 1.95 bits per heavy atom. The molecule has 2 N–H and O–H groups in total. The van der Waals surface area contributed by atoms with Crippen LogP contribution in [0.25, 0.3) is 0 Å². The van der Waals surface area contributed by atoms with E-state index in [0.29, 0.717) is 12.6 Å². The van der Waals surface area contributed by atoms with Crippen molar-refractivity contribution < 1.29 is 9.90 Å². The minimum Gasteiger partial charge on any atom is -0.561 e. The van der Waals surface area contributed by atoms with E-state index >= 15 is 0 Å². The molecule has 0 aliphatic rings. The van der Waals surface area contributed by atoms with Gasteiger partial charge in [-0.25, -0.2) is 0 Å². The van der Waals surface area contributed by atoms with Crippen LogP contribution in [0, 0.1) is 11.8 Å². The largest absolute Gasteiger partial charge is 0.561 e. The normalized spacial score (nSPS) is 9.67. The van der Waals surface area contributed by atoms with Gasteiger partial charge in [-0.15, -0.1) is 11.8 Å². The zero-order valence-electron chi connectivity index (χ0n) is 13.4. The van der Waals surface area contributed by atoms with Gasteiger partial charge in [-0.2, -0.15) is 0 Å². The van der Waals surface area contributed by atoms with Crippen LogP contribution in [-0.4, -0.2) is 40.2 Å². The zero-order valence-corrected chi connectivity index (χ0v) is 13.4. The fraction of sp³-hybridized carbons (Fsp3) is 0.500. The molecule has 0 atom stereocenters. The molecule has 0 unspecified atom stereocenters. The highest BCUT2D eigenvalue weighted by atomic mass is 16.4. The number of hydrogen-bond acceptors (Lipinski definition) is 3. The number of pyridine rings is 1. The van der Waals surface area contributed by atoms with Crippen molar-refractivity contribution in [2.45, 2.75) is 40.3 Å². The van der Waals surface area contributed by atoms with Gasteiger partial charge in [0.05, 0.1) is 0 Å². The van der Waals surface area contributed by atoms with E-state index in [2.05, 4.69) is 30.6 Å². The maximum Gasteiger partial charge on any atom is 0.554 e. The lowest BCUT2D eigenvalue weighted by molar-refractivity contribution is 0.0694. The lowest BCUT2D eigenvalue weighted by Gasteiger charge is -2.21. The molecule has 1 aromatic heterocycles. The number of likely N-dealkylation sites (N-methyl/N-ethyl adjacent to an activating group) is 1. The van der Waals surface area contributed by atoms with Gasteiger partial charge in [-0.1, -0.05) is 0 Å². The number of carbonyl (C=O) groups is 1. The van der Waals surface area contributed by atoms with Gasteiger partial charge in [-0.05, 0) is 46.9 Å².